The number of likely N-dealkylation sites (tertiary alicyclic amines) is 2. The highest BCUT2D eigenvalue weighted by molar-refractivity contribution is 7.89. The number of pyridine rings is 1. The lowest BCUT2D eigenvalue weighted by Crippen LogP contribution is -2.46. The fourth-order valence-electron chi connectivity index (χ4n) is 6.08. The van der Waals surface area contributed by atoms with Gasteiger partial charge in [-0.3, -0.25) is 4.90 Å². The molecule has 5 rings (SSSR count). The van der Waals surface area contributed by atoms with Crippen LogP contribution in [-0.4, -0.2) is 84.9 Å². The minimum atomic E-state index is -4.59. The van der Waals surface area contributed by atoms with Gasteiger partial charge in [0.2, 0.25) is 10.0 Å². The lowest BCUT2D eigenvalue weighted by atomic mass is 9.94. The third-order valence-corrected chi connectivity index (χ3v) is 10.2. The number of fused-ring (bicyclic) bond motifs is 1. The molecule has 0 amide bonds. The number of aromatic carboxylic acids is 1. The summed E-state index contributed by atoms with van der Waals surface area (Å²) in [5, 5.41) is 10.6. The molecule has 2 saturated heterocycles. The van der Waals surface area contributed by atoms with Crippen molar-refractivity contribution in [2.45, 2.75) is 55.8 Å². The van der Waals surface area contributed by atoms with Crippen molar-refractivity contribution in [1.29, 1.82) is 0 Å². The number of piperidine rings is 2. The van der Waals surface area contributed by atoms with E-state index in [4.69, 9.17) is 0 Å². The van der Waals surface area contributed by atoms with Gasteiger partial charge in [0, 0.05) is 43.2 Å². The van der Waals surface area contributed by atoms with Crippen LogP contribution in [0.2, 0.25) is 0 Å². The molecule has 226 valence electrons. The largest absolute Gasteiger partial charge is 0.478 e. The van der Waals surface area contributed by atoms with Crippen molar-refractivity contribution in [3.63, 3.8) is 0 Å². The van der Waals surface area contributed by atoms with Crippen LogP contribution < -0.4 is 0 Å². The van der Waals surface area contributed by atoms with Gasteiger partial charge < -0.3 is 10.0 Å². The maximum Gasteiger partial charge on any atom is 0.416 e. The monoisotopic (exact) mass is 604 g/mol. The van der Waals surface area contributed by atoms with Gasteiger partial charge in [0.25, 0.3) is 0 Å². The van der Waals surface area contributed by atoms with Gasteiger partial charge >= 0.3 is 12.1 Å². The third kappa shape index (κ3) is 6.17. The van der Waals surface area contributed by atoms with Gasteiger partial charge in [0.1, 0.15) is 0 Å². The number of hydrogen-bond acceptors (Lipinski definition) is 6. The Balaban J connectivity index is 1.62. The quantitative estimate of drug-likeness (QED) is 0.390. The summed E-state index contributed by atoms with van der Waals surface area (Å²) in [4.78, 5) is 22.1. The fourth-order valence-corrected chi connectivity index (χ4v) is 7.01. The van der Waals surface area contributed by atoms with Crippen LogP contribution in [0.25, 0.3) is 22.2 Å². The van der Waals surface area contributed by atoms with Crippen molar-refractivity contribution in [2.75, 3.05) is 40.3 Å². The van der Waals surface area contributed by atoms with Crippen LogP contribution in [0.1, 0.15) is 53.6 Å². The first-order chi connectivity index (χ1) is 19.9. The Kier molecular flexibility index (Phi) is 8.62. The first-order valence-corrected chi connectivity index (χ1v) is 15.6. The van der Waals surface area contributed by atoms with Gasteiger partial charge in [-0.25, -0.2) is 22.5 Å². The Morgan fingerprint density at radius 2 is 1.71 bits per heavy atom. The minimum Gasteiger partial charge on any atom is -0.478 e. The molecule has 0 bridgehead atoms. The van der Waals surface area contributed by atoms with Crippen LogP contribution in [0.4, 0.5) is 13.2 Å². The number of halogens is 3. The summed E-state index contributed by atoms with van der Waals surface area (Å²) in [7, 11) is -1.12. The van der Waals surface area contributed by atoms with E-state index >= 15 is 0 Å². The van der Waals surface area contributed by atoms with Gasteiger partial charge in [-0.1, -0.05) is 18.6 Å². The summed E-state index contributed by atoms with van der Waals surface area (Å²) in [5.41, 5.74) is -0.263. The summed E-state index contributed by atoms with van der Waals surface area (Å²) in [6, 6.07) is 9.21. The highest BCUT2D eigenvalue weighted by Crippen LogP contribution is 2.37. The molecule has 0 radical (unpaired) electrons. The second-order valence-corrected chi connectivity index (χ2v) is 13.4. The number of carboxylic acid groups (broad SMARTS) is 1. The molecule has 0 spiro atoms. The molecule has 42 heavy (non-hydrogen) atoms. The predicted octanol–water partition coefficient (Wildman–Crippen LogP) is 5.32. The molecule has 1 N–H and O–H groups in total. The van der Waals surface area contributed by atoms with Crippen LogP contribution in [0.5, 0.6) is 0 Å². The molecular weight excluding hydrogens is 569 g/mol. The van der Waals surface area contributed by atoms with Gasteiger partial charge in [-0.15, -0.1) is 0 Å². The SMILES string of the molecule is CN(C)S(=O)(=O)c1ccc2nc(-c3cccc(C(F)(F)F)c3)c(CN3CCC(N4CCCCC4)CC3)c(C(=O)O)c2c1. The zero-order valence-electron chi connectivity index (χ0n) is 23.7. The van der Waals surface area contributed by atoms with Crippen LogP contribution in [-0.2, 0) is 22.7 Å². The zero-order chi connectivity index (χ0) is 30.2. The Morgan fingerprint density at radius 3 is 2.33 bits per heavy atom. The molecule has 2 fully saturated rings. The van der Waals surface area contributed by atoms with Crippen molar-refractivity contribution in [3.8, 4) is 11.3 Å². The Morgan fingerprint density at radius 1 is 1.02 bits per heavy atom. The summed E-state index contributed by atoms with van der Waals surface area (Å²) < 4.78 is 67.7. The molecule has 2 aliphatic heterocycles. The Bertz CT molecular complexity index is 1580. The van der Waals surface area contributed by atoms with Crippen molar-refractivity contribution in [3.05, 3.63) is 59.2 Å². The van der Waals surface area contributed by atoms with E-state index in [2.05, 4.69) is 14.8 Å². The van der Waals surface area contributed by atoms with E-state index in [9.17, 15) is 31.5 Å². The maximum absolute atomic E-state index is 13.6. The molecule has 1 aromatic heterocycles. The van der Waals surface area contributed by atoms with E-state index in [1.54, 1.807) is 0 Å². The number of aromatic nitrogens is 1. The number of rotatable bonds is 7. The van der Waals surface area contributed by atoms with E-state index in [1.807, 2.05) is 0 Å². The minimum absolute atomic E-state index is 0.0931. The number of carboxylic acids is 1. The lowest BCUT2D eigenvalue weighted by Gasteiger charge is -2.40. The molecule has 0 aliphatic carbocycles. The summed E-state index contributed by atoms with van der Waals surface area (Å²) in [5.74, 6) is -1.30. The Labute approximate surface area is 243 Å². The molecular formula is C30H35F3N4O4S. The third-order valence-electron chi connectivity index (χ3n) is 8.36. The van der Waals surface area contributed by atoms with Crippen molar-refractivity contribution < 1.29 is 31.5 Å². The van der Waals surface area contributed by atoms with Crippen molar-refractivity contribution >= 4 is 26.9 Å². The van der Waals surface area contributed by atoms with Gasteiger partial charge in [0.05, 0.1) is 27.2 Å². The van der Waals surface area contributed by atoms with Gasteiger partial charge in [-0.05, 0) is 82.2 Å². The zero-order valence-corrected chi connectivity index (χ0v) is 24.5. The van der Waals surface area contributed by atoms with E-state index in [1.165, 1.54) is 63.7 Å². The molecule has 3 aromatic rings. The second-order valence-electron chi connectivity index (χ2n) is 11.3. The molecule has 3 heterocycles. The smallest absolute Gasteiger partial charge is 0.416 e. The first-order valence-electron chi connectivity index (χ1n) is 14.1. The molecule has 0 unspecified atom stereocenters. The first kappa shape index (κ1) is 30.4. The van der Waals surface area contributed by atoms with Crippen LogP contribution in [0, 0.1) is 0 Å². The van der Waals surface area contributed by atoms with E-state index in [0.717, 1.165) is 42.4 Å². The van der Waals surface area contributed by atoms with Crippen molar-refractivity contribution in [2.24, 2.45) is 0 Å². The molecule has 12 heteroatoms. The average molecular weight is 605 g/mol. The van der Waals surface area contributed by atoms with Gasteiger partial charge in [0.15, 0.2) is 0 Å². The topological polar surface area (TPSA) is 94.1 Å². The second kappa shape index (κ2) is 11.9. The lowest BCUT2D eigenvalue weighted by molar-refractivity contribution is -0.137. The number of sulfonamides is 1. The van der Waals surface area contributed by atoms with E-state index < -0.39 is 27.7 Å². The van der Waals surface area contributed by atoms with Crippen LogP contribution in [0.3, 0.4) is 0 Å². The van der Waals surface area contributed by atoms with Crippen LogP contribution >= 0.6 is 0 Å². The number of nitrogens with zero attached hydrogens (tertiary/aromatic N) is 4. The molecule has 0 saturated carbocycles. The van der Waals surface area contributed by atoms with E-state index in [-0.39, 0.29) is 44.7 Å². The average Bonchev–Trinajstić information content (AvgIpc) is 2.96. The highest BCUT2D eigenvalue weighted by atomic mass is 32.2. The number of carbonyl (C=O) groups is 1. The number of benzene rings is 2. The molecule has 2 aliphatic rings. The summed E-state index contributed by atoms with van der Waals surface area (Å²) in [6.45, 7) is 3.73. The van der Waals surface area contributed by atoms with Gasteiger partial charge in [-0.2, -0.15) is 13.2 Å². The molecule has 0 atom stereocenters. The summed E-state index contributed by atoms with van der Waals surface area (Å²) in [6.07, 6.45) is 0.862. The Hall–Kier alpha value is -3.06. The maximum atomic E-state index is 13.6. The van der Waals surface area contributed by atoms with Crippen molar-refractivity contribution in [1.82, 2.24) is 19.1 Å². The normalized spacial score (nSPS) is 18.1. The highest BCUT2D eigenvalue weighted by Gasteiger charge is 2.32. The predicted molar refractivity (Wildman–Crippen MR) is 154 cm³/mol. The number of alkyl halides is 3. The summed E-state index contributed by atoms with van der Waals surface area (Å²) >= 11 is 0. The number of hydrogen-bond donors (Lipinski definition) is 1. The molecule has 8 nitrogen and oxygen atoms in total. The van der Waals surface area contributed by atoms with Crippen LogP contribution in [0.15, 0.2) is 47.4 Å². The molecule has 2 aromatic carbocycles. The van der Waals surface area contributed by atoms with E-state index in [0.29, 0.717) is 19.1 Å². The fraction of sp³-hybridized carbons (Fsp3) is 0.467. The standard InChI is InChI=1S/C30H35F3N4O4S/c1-35(2)42(40,41)23-9-10-26-24(18-23)27(29(38)39)25(28(34-26)20-7-6-8-21(17-20)30(31,32)33)19-36-15-11-22(12-16-36)37-13-4-3-5-14-37/h6-10,17-18,22H,3-5,11-16,19H2,1-2H3,(H,38,39).